The number of nitrogens with one attached hydrogen (secondary N) is 1. The van der Waals surface area contributed by atoms with Gasteiger partial charge in [0.1, 0.15) is 0 Å². The average Bonchev–Trinajstić information content (AvgIpc) is 2.45. The van der Waals surface area contributed by atoms with Crippen LogP contribution in [0.5, 0.6) is 0 Å². The molecular weight excluding hydrogens is 246 g/mol. The minimum atomic E-state index is 0.179. The summed E-state index contributed by atoms with van der Waals surface area (Å²) in [7, 11) is 0. The van der Waals surface area contributed by atoms with E-state index < -0.39 is 0 Å². The minimum absolute atomic E-state index is 0.179. The second-order valence-corrected chi connectivity index (χ2v) is 6.54. The van der Waals surface area contributed by atoms with Gasteiger partial charge in [-0.2, -0.15) is 5.26 Å². The van der Waals surface area contributed by atoms with Crippen LogP contribution in [0, 0.1) is 11.3 Å². The molecule has 1 saturated heterocycles. The SMILES string of the molecule is CC(C)(C)c1ccc([C@H](CC#N)N2CCNCC2)cc1. The van der Waals surface area contributed by atoms with Gasteiger partial charge in [0.05, 0.1) is 12.5 Å². The van der Waals surface area contributed by atoms with Crippen molar-refractivity contribution in [3.63, 3.8) is 0 Å². The maximum absolute atomic E-state index is 9.12. The highest BCUT2D eigenvalue weighted by atomic mass is 15.2. The third kappa shape index (κ3) is 3.59. The van der Waals surface area contributed by atoms with Crippen LogP contribution < -0.4 is 5.32 Å². The van der Waals surface area contributed by atoms with Gasteiger partial charge in [-0.1, -0.05) is 45.0 Å². The van der Waals surface area contributed by atoms with Crippen molar-refractivity contribution in [3.05, 3.63) is 35.4 Å². The lowest BCUT2D eigenvalue weighted by Crippen LogP contribution is -2.45. The van der Waals surface area contributed by atoms with Crippen LogP contribution in [0.4, 0.5) is 0 Å². The zero-order chi connectivity index (χ0) is 14.6. The molecule has 1 aromatic rings. The summed E-state index contributed by atoms with van der Waals surface area (Å²) in [4.78, 5) is 2.42. The number of nitriles is 1. The van der Waals surface area contributed by atoms with E-state index in [1.165, 1.54) is 11.1 Å². The number of hydrogen-bond donors (Lipinski definition) is 1. The molecule has 0 unspecified atom stereocenters. The lowest BCUT2D eigenvalue weighted by molar-refractivity contribution is 0.175. The van der Waals surface area contributed by atoms with Crippen LogP contribution in [-0.4, -0.2) is 31.1 Å². The molecular formula is C17H25N3. The molecule has 3 nitrogen and oxygen atoms in total. The standard InChI is InChI=1S/C17H25N3/c1-17(2,3)15-6-4-14(5-7-15)16(8-9-18)20-12-10-19-11-13-20/h4-7,16,19H,8,10-13H2,1-3H3/t16-/m0/s1. The van der Waals surface area contributed by atoms with Crippen molar-refractivity contribution in [1.29, 1.82) is 5.26 Å². The number of nitrogens with zero attached hydrogens (tertiary/aromatic N) is 2. The molecule has 1 aliphatic heterocycles. The predicted molar refractivity (Wildman–Crippen MR) is 82.6 cm³/mol. The fourth-order valence-corrected chi connectivity index (χ4v) is 2.74. The fraction of sp³-hybridized carbons (Fsp3) is 0.588. The third-order valence-corrected chi connectivity index (χ3v) is 4.04. The molecule has 0 radical (unpaired) electrons. The van der Waals surface area contributed by atoms with Crippen LogP contribution in [0.1, 0.15) is 44.4 Å². The first kappa shape index (κ1) is 15.0. The van der Waals surface area contributed by atoms with Gasteiger partial charge >= 0.3 is 0 Å². The van der Waals surface area contributed by atoms with Crippen LogP contribution in [0.15, 0.2) is 24.3 Å². The summed E-state index contributed by atoms with van der Waals surface area (Å²) in [5.41, 5.74) is 2.79. The first-order chi connectivity index (χ1) is 9.52. The summed E-state index contributed by atoms with van der Waals surface area (Å²) in [5, 5.41) is 12.5. The average molecular weight is 271 g/mol. The van der Waals surface area contributed by atoms with Gasteiger partial charge in [0, 0.05) is 32.2 Å². The summed E-state index contributed by atoms with van der Waals surface area (Å²) in [6, 6.07) is 11.4. The lowest BCUT2D eigenvalue weighted by Gasteiger charge is -2.34. The zero-order valence-electron chi connectivity index (χ0n) is 12.8. The van der Waals surface area contributed by atoms with Crippen LogP contribution in [-0.2, 0) is 5.41 Å². The molecule has 0 bridgehead atoms. The Kier molecular flexibility index (Phi) is 4.80. The normalized spacial score (nSPS) is 18.5. The molecule has 0 spiro atoms. The smallest absolute Gasteiger partial charge is 0.0641 e. The van der Waals surface area contributed by atoms with Gasteiger partial charge in [0.2, 0.25) is 0 Å². The summed E-state index contributed by atoms with van der Waals surface area (Å²) < 4.78 is 0. The molecule has 0 aliphatic carbocycles. The molecule has 1 N–H and O–H groups in total. The highest BCUT2D eigenvalue weighted by Gasteiger charge is 2.22. The molecule has 3 heteroatoms. The number of piperazine rings is 1. The molecule has 0 amide bonds. The second kappa shape index (κ2) is 6.39. The van der Waals surface area contributed by atoms with E-state index in [-0.39, 0.29) is 11.5 Å². The van der Waals surface area contributed by atoms with Crippen molar-refractivity contribution in [2.45, 2.75) is 38.6 Å². The number of rotatable bonds is 3. The van der Waals surface area contributed by atoms with Gasteiger partial charge in [-0.05, 0) is 16.5 Å². The Labute approximate surface area is 122 Å². The Bertz CT molecular complexity index is 458. The zero-order valence-corrected chi connectivity index (χ0v) is 12.8. The largest absolute Gasteiger partial charge is 0.314 e. The quantitative estimate of drug-likeness (QED) is 0.919. The fourth-order valence-electron chi connectivity index (χ4n) is 2.74. The predicted octanol–water partition coefficient (Wildman–Crippen LogP) is 2.84. The van der Waals surface area contributed by atoms with E-state index in [2.05, 4.69) is 61.3 Å². The van der Waals surface area contributed by atoms with Crippen LogP contribution >= 0.6 is 0 Å². The molecule has 108 valence electrons. The Morgan fingerprint density at radius 3 is 2.30 bits per heavy atom. The molecule has 1 aromatic carbocycles. The van der Waals surface area contributed by atoms with Crippen molar-refractivity contribution >= 4 is 0 Å². The van der Waals surface area contributed by atoms with Gasteiger partial charge in [0.25, 0.3) is 0 Å². The molecule has 1 atom stereocenters. The van der Waals surface area contributed by atoms with E-state index in [9.17, 15) is 0 Å². The van der Waals surface area contributed by atoms with Crippen LogP contribution in [0.2, 0.25) is 0 Å². The van der Waals surface area contributed by atoms with E-state index in [4.69, 9.17) is 5.26 Å². The third-order valence-electron chi connectivity index (χ3n) is 4.04. The molecule has 0 aromatic heterocycles. The first-order valence-electron chi connectivity index (χ1n) is 7.44. The van der Waals surface area contributed by atoms with Crippen molar-refractivity contribution in [2.75, 3.05) is 26.2 Å². The van der Waals surface area contributed by atoms with Crippen LogP contribution in [0.3, 0.4) is 0 Å². The minimum Gasteiger partial charge on any atom is -0.314 e. The second-order valence-electron chi connectivity index (χ2n) is 6.54. The Hall–Kier alpha value is -1.37. The van der Waals surface area contributed by atoms with E-state index in [1.807, 2.05) is 0 Å². The molecule has 0 saturated carbocycles. The van der Waals surface area contributed by atoms with Gasteiger partial charge in [-0.3, -0.25) is 4.90 Å². The molecule has 1 heterocycles. The summed E-state index contributed by atoms with van der Waals surface area (Å²) in [6.07, 6.45) is 0.564. The lowest BCUT2D eigenvalue weighted by atomic mass is 9.86. The summed E-state index contributed by atoms with van der Waals surface area (Å²) >= 11 is 0. The molecule has 20 heavy (non-hydrogen) atoms. The maximum atomic E-state index is 9.12. The van der Waals surface area contributed by atoms with Crippen molar-refractivity contribution in [2.24, 2.45) is 0 Å². The molecule has 1 fully saturated rings. The van der Waals surface area contributed by atoms with Gasteiger partial charge in [-0.15, -0.1) is 0 Å². The van der Waals surface area contributed by atoms with Crippen molar-refractivity contribution < 1.29 is 0 Å². The summed E-state index contributed by atoms with van der Waals surface area (Å²) in [6.45, 7) is 10.8. The van der Waals surface area contributed by atoms with Gasteiger partial charge in [0.15, 0.2) is 0 Å². The van der Waals surface area contributed by atoms with Gasteiger partial charge < -0.3 is 5.32 Å². The molecule has 2 rings (SSSR count). The van der Waals surface area contributed by atoms with E-state index in [0.29, 0.717) is 6.42 Å². The monoisotopic (exact) mass is 271 g/mol. The van der Waals surface area contributed by atoms with Crippen molar-refractivity contribution in [3.8, 4) is 6.07 Å². The van der Waals surface area contributed by atoms with E-state index >= 15 is 0 Å². The maximum Gasteiger partial charge on any atom is 0.0641 e. The Morgan fingerprint density at radius 1 is 1.20 bits per heavy atom. The van der Waals surface area contributed by atoms with Crippen LogP contribution in [0.25, 0.3) is 0 Å². The Balaban J connectivity index is 2.19. The van der Waals surface area contributed by atoms with E-state index in [0.717, 1.165) is 26.2 Å². The topological polar surface area (TPSA) is 39.1 Å². The number of hydrogen-bond acceptors (Lipinski definition) is 3. The number of benzene rings is 1. The van der Waals surface area contributed by atoms with Crippen molar-refractivity contribution in [1.82, 2.24) is 10.2 Å². The summed E-state index contributed by atoms with van der Waals surface area (Å²) in [5.74, 6) is 0. The first-order valence-corrected chi connectivity index (χ1v) is 7.44. The Morgan fingerprint density at radius 2 is 1.80 bits per heavy atom. The van der Waals surface area contributed by atoms with Gasteiger partial charge in [-0.25, -0.2) is 0 Å². The highest BCUT2D eigenvalue weighted by Crippen LogP contribution is 2.28. The van der Waals surface area contributed by atoms with E-state index in [1.54, 1.807) is 0 Å². The molecule has 1 aliphatic rings. The highest BCUT2D eigenvalue weighted by molar-refractivity contribution is 5.29.